The molecule has 7 nitrogen and oxygen atoms in total. The lowest BCUT2D eigenvalue weighted by atomic mass is 9.75. The molecule has 2 aromatic rings. The van der Waals surface area contributed by atoms with Crippen LogP contribution in [0.3, 0.4) is 0 Å². The number of phenolic OH excluding ortho intramolecular Hbond substituents is 1. The van der Waals surface area contributed by atoms with E-state index >= 15 is 0 Å². The van der Waals surface area contributed by atoms with E-state index in [1.54, 1.807) is 7.11 Å². The standard InChI is InChI=1S/C22H26O7/c1-10-6-12-7-15-21(29-9-28-15)22(27-5)16(12)18-17(19(24)11(10)2)13(23)8-14(25-3)20(18)26-4/h7-8,10-11,19,23-24H,6,9H2,1-5H3/t10-,11-,19+/m0/s1. The van der Waals surface area contributed by atoms with Gasteiger partial charge >= 0.3 is 0 Å². The summed E-state index contributed by atoms with van der Waals surface area (Å²) in [4.78, 5) is 0. The summed E-state index contributed by atoms with van der Waals surface area (Å²) in [6.45, 7) is 4.17. The van der Waals surface area contributed by atoms with Gasteiger partial charge in [0.2, 0.25) is 12.5 Å². The van der Waals surface area contributed by atoms with Crippen LogP contribution in [0, 0.1) is 11.8 Å². The molecule has 0 aromatic heterocycles. The summed E-state index contributed by atoms with van der Waals surface area (Å²) < 4.78 is 28.2. The smallest absolute Gasteiger partial charge is 0.231 e. The zero-order chi connectivity index (χ0) is 20.9. The third-order valence-electron chi connectivity index (χ3n) is 6.08. The zero-order valence-electron chi connectivity index (χ0n) is 17.2. The monoisotopic (exact) mass is 402 g/mol. The maximum Gasteiger partial charge on any atom is 0.231 e. The Morgan fingerprint density at radius 3 is 2.34 bits per heavy atom. The minimum Gasteiger partial charge on any atom is -0.507 e. The SMILES string of the molecule is COc1cc(O)c2c(c1OC)-c1c(cc3c(c1OC)OCO3)C[C@H](C)[C@H](C)[C@H]2O. The highest BCUT2D eigenvalue weighted by atomic mass is 16.7. The van der Waals surface area contributed by atoms with Crippen molar-refractivity contribution < 1.29 is 33.9 Å². The van der Waals surface area contributed by atoms with Gasteiger partial charge in [0.1, 0.15) is 5.75 Å². The third-order valence-corrected chi connectivity index (χ3v) is 6.08. The lowest BCUT2D eigenvalue weighted by Gasteiger charge is -2.33. The zero-order valence-corrected chi connectivity index (χ0v) is 17.2. The largest absolute Gasteiger partial charge is 0.507 e. The number of rotatable bonds is 3. The van der Waals surface area contributed by atoms with E-state index in [0.717, 1.165) is 5.56 Å². The molecule has 0 saturated heterocycles. The van der Waals surface area contributed by atoms with Crippen LogP contribution in [0.5, 0.6) is 34.5 Å². The highest BCUT2D eigenvalue weighted by molar-refractivity contribution is 5.89. The molecule has 1 heterocycles. The number of benzene rings is 2. The second kappa shape index (κ2) is 7.22. The van der Waals surface area contributed by atoms with Crippen molar-refractivity contribution in [1.82, 2.24) is 0 Å². The van der Waals surface area contributed by atoms with Crippen LogP contribution in [0.1, 0.15) is 31.1 Å². The summed E-state index contributed by atoms with van der Waals surface area (Å²) in [6.07, 6.45) is -0.218. The Morgan fingerprint density at radius 2 is 1.69 bits per heavy atom. The number of methoxy groups -OCH3 is 3. The van der Waals surface area contributed by atoms with Crippen LogP contribution in [-0.2, 0) is 6.42 Å². The van der Waals surface area contributed by atoms with Gasteiger partial charge in [-0.3, -0.25) is 0 Å². The molecule has 156 valence electrons. The lowest BCUT2D eigenvalue weighted by Crippen LogP contribution is -2.22. The van der Waals surface area contributed by atoms with Crippen molar-refractivity contribution in [1.29, 1.82) is 0 Å². The first-order valence-corrected chi connectivity index (χ1v) is 9.58. The van der Waals surface area contributed by atoms with Gasteiger partial charge in [-0.2, -0.15) is 0 Å². The highest BCUT2D eigenvalue weighted by Crippen LogP contribution is 2.58. The van der Waals surface area contributed by atoms with Crippen molar-refractivity contribution in [2.24, 2.45) is 11.8 Å². The van der Waals surface area contributed by atoms with Gasteiger partial charge in [0.25, 0.3) is 0 Å². The predicted octanol–water partition coefficient (Wildman–Crippen LogP) is 3.68. The number of aliphatic hydroxyl groups excluding tert-OH is 1. The number of hydrogen-bond acceptors (Lipinski definition) is 7. The molecule has 2 aliphatic rings. The average molecular weight is 402 g/mol. The summed E-state index contributed by atoms with van der Waals surface area (Å²) in [5.74, 6) is 2.35. The van der Waals surface area contributed by atoms with Crippen LogP contribution < -0.4 is 23.7 Å². The number of aromatic hydroxyl groups is 1. The van der Waals surface area contributed by atoms with Crippen molar-refractivity contribution in [3.05, 3.63) is 23.3 Å². The fourth-order valence-corrected chi connectivity index (χ4v) is 4.34. The minimum atomic E-state index is -0.900. The summed E-state index contributed by atoms with van der Waals surface area (Å²) >= 11 is 0. The minimum absolute atomic E-state index is 0.0585. The molecule has 0 bridgehead atoms. The molecule has 4 rings (SSSR count). The molecule has 2 aromatic carbocycles. The Bertz CT molecular complexity index is 953. The van der Waals surface area contributed by atoms with Crippen molar-refractivity contribution in [3.63, 3.8) is 0 Å². The average Bonchev–Trinajstić information content (AvgIpc) is 3.18. The van der Waals surface area contributed by atoms with E-state index in [0.29, 0.717) is 51.9 Å². The van der Waals surface area contributed by atoms with E-state index in [4.69, 9.17) is 23.7 Å². The first-order chi connectivity index (χ1) is 13.9. The molecule has 29 heavy (non-hydrogen) atoms. The maximum atomic E-state index is 11.2. The summed E-state index contributed by atoms with van der Waals surface area (Å²) in [5.41, 5.74) is 2.60. The van der Waals surface area contributed by atoms with Crippen LogP contribution >= 0.6 is 0 Å². The number of phenols is 1. The van der Waals surface area contributed by atoms with E-state index in [1.807, 2.05) is 13.0 Å². The topological polar surface area (TPSA) is 86.6 Å². The van der Waals surface area contributed by atoms with Gasteiger partial charge in [-0.25, -0.2) is 0 Å². The maximum absolute atomic E-state index is 11.2. The van der Waals surface area contributed by atoms with Gasteiger partial charge in [-0.05, 0) is 29.9 Å². The van der Waals surface area contributed by atoms with Gasteiger partial charge < -0.3 is 33.9 Å². The van der Waals surface area contributed by atoms with Crippen molar-refractivity contribution in [3.8, 4) is 45.6 Å². The number of fused-ring (bicyclic) bond motifs is 4. The van der Waals surface area contributed by atoms with Gasteiger partial charge in [-0.15, -0.1) is 0 Å². The molecule has 7 heteroatoms. The highest BCUT2D eigenvalue weighted by Gasteiger charge is 2.38. The van der Waals surface area contributed by atoms with Crippen molar-refractivity contribution in [2.75, 3.05) is 28.1 Å². The number of ether oxygens (including phenoxy) is 5. The first kappa shape index (κ1) is 19.5. The molecule has 1 aliphatic carbocycles. The van der Waals surface area contributed by atoms with Gasteiger partial charge in [0.05, 0.1) is 27.4 Å². The lowest BCUT2D eigenvalue weighted by molar-refractivity contribution is 0.0842. The normalized spacial score (nSPS) is 22.2. The van der Waals surface area contributed by atoms with E-state index in [-0.39, 0.29) is 24.4 Å². The van der Waals surface area contributed by atoms with Gasteiger partial charge in [0.15, 0.2) is 23.0 Å². The molecule has 3 atom stereocenters. The molecule has 1 aliphatic heterocycles. The first-order valence-electron chi connectivity index (χ1n) is 9.58. The fourth-order valence-electron chi connectivity index (χ4n) is 4.34. The Balaban J connectivity index is 2.17. The third kappa shape index (κ3) is 2.83. The predicted molar refractivity (Wildman–Crippen MR) is 106 cm³/mol. The fraction of sp³-hybridized carbons (Fsp3) is 0.455. The summed E-state index contributed by atoms with van der Waals surface area (Å²) in [7, 11) is 4.60. The van der Waals surface area contributed by atoms with E-state index < -0.39 is 6.10 Å². The van der Waals surface area contributed by atoms with Crippen molar-refractivity contribution >= 4 is 0 Å². The molecule has 2 N–H and O–H groups in total. The van der Waals surface area contributed by atoms with Crippen LogP contribution in [0.4, 0.5) is 0 Å². The molecule has 0 unspecified atom stereocenters. The molecular formula is C22H26O7. The summed E-state index contributed by atoms with van der Waals surface area (Å²) in [5, 5.41) is 22.1. The van der Waals surface area contributed by atoms with E-state index in [9.17, 15) is 10.2 Å². The number of hydrogen-bond donors (Lipinski definition) is 2. The molecule has 0 amide bonds. The Morgan fingerprint density at radius 1 is 0.966 bits per heavy atom. The molecule has 0 fully saturated rings. The molecule has 0 spiro atoms. The van der Waals surface area contributed by atoms with Crippen LogP contribution in [0.2, 0.25) is 0 Å². The Labute approximate surface area is 169 Å². The van der Waals surface area contributed by atoms with Crippen molar-refractivity contribution in [2.45, 2.75) is 26.4 Å². The Kier molecular flexibility index (Phi) is 4.86. The summed E-state index contributed by atoms with van der Waals surface area (Å²) in [6, 6.07) is 3.42. The van der Waals surface area contributed by atoms with E-state index in [1.165, 1.54) is 20.3 Å². The van der Waals surface area contributed by atoms with Gasteiger partial charge in [0, 0.05) is 22.8 Å². The second-order valence-electron chi connectivity index (χ2n) is 7.58. The molecule has 0 radical (unpaired) electrons. The molecule has 0 saturated carbocycles. The van der Waals surface area contributed by atoms with E-state index in [2.05, 4.69) is 6.92 Å². The number of aliphatic hydroxyl groups is 1. The van der Waals surface area contributed by atoms with Gasteiger partial charge in [-0.1, -0.05) is 13.8 Å². The molecular weight excluding hydrogens is 376 g/mol. The quantitative estimate of drug-likeness (QED) is 0.810. The van der Waals surface area contributed by atoms with Crippen LogP contribution in [-0.4, -0.2) is 38.3 Å². The Hall–Kier alpha value is -2.80. The second-order valence-corrected chi connectivity index (χ2v) is 7.58. The van der Waals surface area contributed by atoms with Crippen LogP contribution in [0.15, 0.2) is 12.1 Å². The van der Waals surface area contributed by atoms with Crippen LogP contribution in [0.25, 0.3) is 11.1 Å².